The SMILES string of the molecule is CCCN(Cc1cc(NC(=O)c2ccco2)ccc1N(C)C)C(=O)COC. The summed E-state index contributed by atoms with van der Waals surface area (Å²) >= 11 is 0. The molecule has 0 bridgehead atoms. The Balaban J connectivity index is 2.25. The van der Waals surface area contributed by atoms with Gasteiger partial charge in [-0.25, -0.2) is 0 Å². The van der Waals surface area contributed by atoms with E-state index in [0.29, 0.717) is 18.8 Å². The summed E-state index contributed by atoms with van der Waals surface area (Å²) in [6.45, 7) is 3.15. The minimum Gasteiger partial charge on any atom is -0.459 e. The van der Waals surface area contributed by atoms with E-state index in [4.69, 9.17) is 9.15 Å². The first kappa shape index (κ1) is 20.5. The van der Waals surface area contributed by atoms with Crippen LogP contribution in [0.25, 0.3) is 0 Å². The maximum absolute atomic E-state index is 12.3. The van der Waals surface area contributed by atoms with Crippen LogP contribution in [-0.4, -0.2) is 51.1 Å². The molecule has 2 aromatic rings. The molecule has 2 amide bonds. The van der Waals surface area contributed by atoms with Crippen LogP contribution in [0, 0.1) is 0 Å². The first-order valence-corrected chi connectivity index (χ1v) is 8.88. The Hall–Kier alpha value is -2.80. The first-order valence-electron chi connectivity index (χ1n) is 8.88. The Morgan fingerprint density at radius 2 is 2.00 bits per heavy atom. The predicted octanol–water partition coefficient (Wildman–Crippen LogP) is 2.98. The second-order valence-corrected chi connectivity index (χ2v) is 6.42. The molecular formula is C20H27N3O4. The van der Waals surface area contributed by atoms with Crippen LogP contribution < -0.4 is 10.2 Å². The lowest BCUT2D eigenvalue weighted by Crippen LogP contribution is -2.34. The minimum atomic E-state index is -0.315. The fraction of sp³-hybridized carbons (Fsp3) is 0.400. The molecule has 0 spiro atoms. The zero-order chi connectivity index (χ0) is 19.8. The van der Waals surface area contributed by atoms with Crippen LogP contribution in [0.5, 0.6) is 0 Å². The molecule has 146 valence electrons. The number of amides is 2. The molecule has 0 fully saturated rings. The van der Waals surface area contributed by atoms with Gasteiger partial charge >= 0.3 is 0 Å². The van der Waals surface area contributed by atoms with E-state index in [1.165, 1.54) is 13.4 Å². The van der Waals surface area contributed by atoms with Gasteiger partial charge in [-0.1, -0.05) is 6.92 Å². The van der Waals surface area contributed by atoms with E-state index >= 15 is 0 Å². The lowest BCUT2D eigenvalue weighted by molar-refractivity contribution is -0.135. The maximum atomic E-state index is 12.3. The third kappa shape index (κ3) is 5.59. The molecule has 0 aliphatic carbocycles. The van der Waals surface area contributed by atoms with E-state index in [1.807, 2.05) is 44.1 Å². The number of rotatable bonds is 9. The third-order valence-electron chi connectivity index (χ3n) is 4.04. The van der Waals surface area contributed by atoms with Gasteiger partial charge in [0, 0.05) is 45.7 Å². The second-order valence-electron chi connectivity index (χ2n) is 6.42. The largest absolute Gasteiger partial charge is 0.459 e. The van der Waals surface area contributed by atoms with Gasteiger partial charge in [-0.15, -0.1) is 0 Å². The zero-order valence-corrected chi connectivity index (χ0v) is 16.3. The summed E-state index contributed by atoms with van der Waals surface area (Å²) in [4.78, 5) is 28.3. The number of hydrogen-bond acceptors (Lipinski definition) is 5. The number of ether oxygens (including phenoxy) is 1. The van der Waals surface area contributed by atoms with Crippen LogP contribution >= 0.6 is 0 Å². The van der Waals surface area contributed by atoms with Crippen LogP contribution in [0.15, 0.2) is 41.0 Å². The summed E-state index contributed by atoms with van der Waals surface area (Å²) in [7, 11) is 5.40. The Kier molecular flexibility index (Phi) is 7.43. The second kappa shape index (κ2) is 9.78. The molecule has 1 heterocycles. The minimum absolute atomic E-state index is 0.0478. The number of nitrogens with one attached hydrogen (secondary N) is 1. The normalized spacial score (nSPS) is 10.5. The van der Waals surface area contributed by atoms with E-state index in [9.17, 15) is 9.59 Å². The van der Waals surface area contributed by atoms with E-state index < -0.39 is 0 Å². The molecule has 1 N–H and O–H groups in total. The Morgan fingerprint density at radius 1 is 1.22 bits per heavy atom. The van der Waals surface area contributed by atoms with Crippen molar-refractivity contribution < 1.29 is 18.7 Å². The molecule has 0 radical (unpaired) electrons. The molecule has 7 nitrogen and oxygen atoms in total. The van der Waals surface area contributed by atoms with Crippen LogP contribution in [0.1, 0.15) is 29.5 Å². The summed E-state index contributed by atoms with van der Waals surface area (Å²) in [6, 6.07) is 8.92. The van der Waals surface area contributed by atoms with Gasteiger partial charge in [0.05, 0.1) is 6.26 Å². The Morgan fingerprint density at radius 3 is 2.59 bits per heavy atom. The number of hydrogen-bond donors (Lipinski definition) is 1. The van der Waals surface area contributed by atoms with Gasteiger partial charge in [0.2, 0.25) is 5.91 Å². The lowest BCUT2D eigenvalue weighted by Gasteiger charge is -2.26. The van der Waals surface area contributed by atoms with Crippen molar-refractivity contribution >= 4 is 23.2 Å². The first-order chi connectivity index (χ1) is 13.0. The summed E-state index contributed by atoms with van der Waals surface area (Å²) in [6.07, 6.45) is 2.31. The summed E-state index contributed by atoms with van der Waals surface area (Å²) in [5.41, 5.74) is 2.57. The number of nitrogens with zero attached hydrogens (tertiary/aromatic N) is 2. The average molecular weight is 373 g/mol. The van der Waals surface area contributed by atoms with Gasteiger partial charge in [0.15, 0.2) is 5.76 Å². The van der Waals surface area contributed by atoms with Crippen LogP contribution in [0.3, 0.4) is 0 Å². The molecule has 0 aliphatic heterocycles. The van der Waals surface area contributed by atoms with Gasteiger partial charge in [-0.05, 0) is 42.3 Å². The average Bonchev–Trinajstić information content (AvgIpc) is 3.16. The van der Waals surface area contributed by atoms with E-state index in [2.05, 4.69) is 5.32 Å². The Bertz CT molecular complexity index is 757. The smallest absolute Gasteiger partial charge is 0.291 e. The molecular weight excluding hydrogens is 346 g/mol. The zero-order valence-electron chi connectivity index (χ0n) is 16.3. The number of benzene rings is 1. The molecule has 1 aromatic heterocycles. The number of anilines is 2. The molecule has 1 aromatic carbocycles. The van der Waals surface area contributed by atoms with Crippen molar-refractivity contribution in [3.8, 4) is 0 Å². The van der Waals surface area contributed by atoms with Crippen molar-refractivity contribution in [2.45, 2.75) is 19.9 Å². The number of furan rings is 1. The number of carbonyl (C=O) groups is 2. The predicted molar refractivity (Wildman–Crippen MR) is 105 cm³/mol. The topological polar surface area (TPSA) is 75.0 Å². The standard InChI is InChI=1S/C20H27N3O4/c1-5-10-23(19(24)14-26-4)13-15-12-16(8-9-17(15)22(2)3)21-20(25)18-7-6-11-27-18/h6-9,11-12H,5,10,13-14H2,1-4H3,(H,21,25). The molecule has 2 rings (SSSR count). The van der Waals surface area contributed by atoms with E-state index in [1.54, 1.807) is 17.0 Å². The lowest BCUT2D eigenvalue weighted by atomic mass is 10.1. The van der Waals surface area contributed by atoms with Gasteiger partial charge in [0.25, 0.3) is 5.91 Å². The molecule has 27 heavy (non-hydrogen) atoms. The van der Waals surface area contributed by atoms with Gasteiger partial charge in [0.1, 0.15) is 6.61 Å². The summed E-state index contributed by atoms with van der Waals surface area (Å²) in [5, 5.41) is 2.83. The number of carbonyl (C=O) groups excluding carboxylic acids is 2. The Labute approximate surface area is 159 Å². The molecule has 7 heteroatoms. The van der Waals surface area contributed by atoms with E-state index in [-0.39, 0.29) is 24.2 Å². The quantitative estimate of drug-likeness (QED) is 0.731. The van der Waals surface area contributed by atoms with Gasteiger partial charge < -0.3 is 24.3 Å². The maximum Gasteiger partial charge on any atom is 0.291 e. The van der Waals surface area contributed by atoms with Crippen molar-refractivity contribution in [3.63, 3.8) is 0 Å². The highest BCUT2D eigenvalue weighted by Crippen LogP contribution is 2.25. The van der Waals surface area contributed by atoms with Crippen LogP contribution in [0.4, 0.5) is 11.4 Å². The third-order valence-corrected chi connectivity index (χ3v) is 4.04. The number of methoxy groups -OCH3 is 1. The highest BCUT2D eigenvalue weighted by atomic mass is 16.5. The highest BCUT2D eigenvalue weighted by molar-refractivity contribution is 6.02. The molecule has 0 atom stereocenters. The van der Waals surface area contributed by atoms with E-state index in [0.717, 1.165) is 17.7 Å². The van der Waals surface area contributed by atoms with Crippen LogP contribution in [0.2, 0.25) is 0 Å². The fourth-order valence-corrected chi connectivity index (χ4v) is 2.81. The molecule has 0 aliphatic rings. The molecule has 0 saturated carbocycles. The van der Waals surface area contributed by atoms with Crippen molar-refractivity contribution in [1.82, 2.24) is 4.90 Å². The van der Waals surface area contributed by atoms with Gasteiger partial charge in [-0.2, -0.15) is 0 Å². The van der Waals surface area contributed by atoms with Crippen molar-refractivity contribution in [2.24, 2.45) is 0 Å². The van der Waals surface area contributed by atoms with Crippen molar-refractivity contribution in [2.75, 3.05) is 44.6 Å². The molecule has 0 unspecified atom stereocenters. The summed E-state index contributed by atoms with van der Waals surface area (Å²) < 4.78 is 10.1. The van der Waals surface area contributed by atoms with Crippen LogP contribution in [-0.2, 0) is 16.1 Å². The molecule has 0 saturated heterocycles. The van der Waals surface area contributed by atoms with Crippen molar-refractivity contribution in [1.29, 1.82) is 0 Å². The summed E-state index contributed by atoms with van der Waals surface area (Å²) in [5.74, 6) is -0.130. The monoisotopic (exact) mass is 373 g/mol. The van der Waals surface area contributed by atoms with Crippen molar-refractivity contribution in [3.05, 3.63) is 47.9 Å². The van der Waals surface area contributed by atoms with Gasteiger partial charge in [-0.3, -0.25) is 9.59 Å². The fourth-order valence-electron chi connectivity index (χ4n) is 2.81. The highest BCUT2D eigenvalue weighted by Gasteiger charge is 2.17.